The monoisotopic (exact) mass is 322 g/mol. The Balaban J connectivity index is 1.90. The standard InChI is InChI=1S/C15H15ClN2O2S/c1-9-13(10(2)20-17-9)14(19)18-7-8-21-15(18)11-3-5-12(16)6-4-11/h3-6,15H,7-8H2,1-2H3. The van der Waals surface area contributed by atoms with Crippen LogP contribution in [0.4, 0.5) is 0 Å². The number of rotatable bonds is 2. The first-order valence-electron chi connectivity index (χ1n) is 6.69. The number of benzene rings is 1. The number of hydrogen-bond donors (Lipinski definition) is 0. The van der Waals surface area contributed by atoms with E-state index in [1.165, 1.54) is 0 Å². The molecule has 1 saturated heterocycles. The molecule has 1 fully saturated rings. The van der Waals surface area contributed by atoms with Crippen LogP contribution in [0, 0.1) is 13.8 Å². The van der Waals surface area contributed by atoms with Crippen LogP contribution < -0.4 is 0 Å². The lowest BCUT2D eigenvalue weighted by molar-refractivity contribution is 0.0758. The van der Waals surface area contributed by atoms with Crippen molar-refractivity contribution in [2.45, 2.75) is 19.2 Å². The zero-order valence-corrected chi connectivity index (χ0v) is 13.4. The van der Waals surface area contributed by atoms with Crippen molar-refractivity contribution >= 4 is 29.3 Å². The second-order valence-electron chi connectivity index (χ2n) is 4.97. The van der Waals surface area contributed by atoms with Gasteiger partial charge < -0.3 is 9.42 Å². The second-order valence-corrected chi connectivity index (χ2v) is 6.60. The third kappa shape index (κ3) is 2.68. The number of carbonyl (C=O) groups is 1. The summed E-state index contributed by atoms with van der Waals surface area (Å²) in [5.74, 6) is 1.48. The predicted octanol–water partition coefficient (Wildman–Crippen LogP) is 3.83. The molecule has 3 rings (SSSR count). The Morgan fingerprint density at radius 1 is 1.38 bits per heavy atom. The van der Waals surface area contributed by atoms with E-state index in [4.69, 9.17) is 16.1 Å². The highest BCUT2D eigenvalue weighted by molar-refractivity contribution is 7.99. The van der Waals surface area contributed by atoms with E-state index < -0.39 is 0 Å². The van der Waals surface area contributed by atoms with Gasteiger partial charge in [-0.1, -0.05) is 28.9 Å². The molecule has 6 heteroatoms. The van der Waals surface area contributed by atoms with Crippen LogP contribution in [-0.4, -0.2) is 28.3 Å². The van der Waals surface area contributed by atoms with Crippen LogP contribution in [0.25, 0.3) is 0 Å². The van der Waals surface area contributed by atoms with Gasteiger partial charge in [-0.3, -0.25) is 4.79 Å². The normalized spacial score (nSPS) is 18.2. The van der Waals surface area contributed by atoms with Crippen molar-refractivity contribution in [2.24, 2.45) is 0 Å². The van der Waals surface area contributed by atoms with Crippen molar-refractivity contribution in [1.82, 2.24) is 10.1 Å². The summed E-state index contributed by atoms with van der Waals surface area (Å²) in [4.78, 5) is 14.7. The maximum absolute atomic E-state index is 12.8. The molecule has 4 nitrogen and oxygen atoms in total. The fraction of sp³-hybridized carbons (Fsp3) is 0.333. The van der Waals surface area contributed by atoms with Gasteiger partial charge in [0.1, 0.15) is 16.7 Å². The average molecular weight is 323 g/mol. The zero-order valence-electron chi connectivity index (χ0n) is 11.8. The van der Waals surface area contributed by atoms with Crippen molar-refractivity contribution < 1.29 is 9.32 Å². The van der Waals surface area contributed by atoms with Crippen LogP contribution in [0.1, 0.15) is 32.7 Å². The van der Waals surface area contributed by atoms with E-state index in [1.54, 1.807) is 25.6 Å². The van der Waals surface area contributed by atoms with E-state index in [2.05, 4.69) is 5.16 Å². The maximum Gasteiger partial charge on any atom is 0.260 e. The molecule has 0 aliphatic carbocycles. The van der Waals surface area contributed by atoms with Gasteiger partial charge in [-0.05, 0) is 31.5 Å². The summed E-state index contributed by atoms with van der Waals surface area (Å²) in [6, 6.07) is 7.65. The second kappa shape index (κ2) is 5.73. The summed E-state index contributed by atoms with van der Waals surface area (Å²) in [6.45, 7) is 4.29. The number of nitrogens with zero attached hydrogens (tertiary/aromatic N) is 2. The first kappa shape index (κ1) is 14.5. The van der Waals surface area contributed by atoms with Crippen LogP contribution in [-0.2, 0) is 0 Å². The molecule has 0 saturated carbocycles. The highest BCUT2D eigenvalue weighted by Crippen LogP contribution is 2.39. The van der Waals surface area contributed by atoms with Gasteiger partial charge in [-0.25, -0.2) is 0 Å². The molecule has 1 atom stereocenters. The Morgan fingerprint density at radius 3 is 2.71 bits per heavy atom. The summed E-state index contributed by atoms with van der Waals surface area (Å²) in [7, 11) is 0. The SMILES string of the molecule is Cc1noc(C)c1C(=O)N1CCSC1c1ccc(Cl)cc1. The highest BCUT2D eigenvalue weighted by atomic mass is 35.5. The van der Waals surface area contributed by atoms with Gasteiger partial charge in [0.25, 0.3) is 5.91 Å². The van der Waals surface area contributed by atoms with Crippen LogP contribution in [0.3, 0.4) is 0 Å². The molecule has 0 spiro atoms. The Morgan fingerprint density at radius 2 is 2.10 bits per heavy atom. The predicted molar refractivity (Wildman–Crippen MR) is 83.7 cm³/mol. The molecular weight excluding hydrogens is 308 g/mol. The number of aryl methyl sites for hydroxylation is 2. The lowest BCUT2D eigenvalue weighted by Gasteiger charge is -2.24. The summed E-state index contributed by atoms with van der Waals surface area (Å²) >= 11 is 7.69. The van der Waals surface area contributed by atoms with Gasteiger partial charge in [0.2, 0.25) is 0 Å². The first-order valence-corrected chi connectivity index (χ1v) is 8.11. The maximum atomic E-state index is 12.8. The van der Waals surface area contributed by atoms with Gasteiger partial charge in [0.05, 0.1) is 5.69 Å². The summed E-state index contributed by atoms with van der Waals surface area (Å²) in [6.07, 6.45) is 0. The molecule has 21 heavy (non-hydrogen) atoms. The lowest BCUT2D eigenvalue weighted by atomic mass is 10.1. The number of amides is 1. The number of halogens is 1. The Kier molecular flexibility index (Phi) is 3.95. The molecule has 1 aliphatic heterocycles. The zero-order chi connectivity index (χ0) is 15.0. The average Bonchev–Trinajstić information content (AvgIpc) is 3.07. The smallest absolute Gasteiger partial charge is 0.260 e. The molecule has 110 valence electrons. The number of thioether (sulfide) groups is 1. The topological polar surface area (TPSA) is 46.3 Å². The minimum Gasteiger partial charge on any atom is -0.361 e. The summed E-state index contributed by atoms with van der Waals surface area (Å²) in [5.41, 5.74) is 2.31. The quantitative estimate of drug-likeness (QED) is 0.843. The van der Waals surface area contributed by atoms with Crippen LogP contribution >= 0.6 is 23.4 Å². The Hall–Kier alpha value is -1.46. The molecule has 1 aliphatic rings. The van der Waals surface area contributed by atoms with Crippen molar-refractivity contribution in [1.29, 1.82) is 0 Å². The Labute approximate surface area is 132 Å². The minimum atomic E-state index is -0.0174. The van der Waals surface area contributed by atoms with E-state index in [1.807, 2.05) is 29.2 Å². The molecule has 0 N–H and O–H groups in total. The Bertz CT molecular complexity index is 649. The number of hydrogen-bond acceptors (Lipinski definition) is 4. The fourth-order valence-electron chi connectivity index (χ4n) is 2.51. The summed E-state index contributed by atoms with van der Waals surface area (Å²) in [5, 5.41) is 4.59. The van der Waals surface area contributed by atoms with E-state index >= 15 is 0 Å². The third-order valence-corrected chi connectivity index (χ3v) is 5.07. The van der Waals surface area contributed by atoms with Gasteiger partial charge >= 0.3 is 0 Å². The third-order valence-electron chi connectivity index (χ3n) is 3.55. The van der Waals surface area contributed by atoms with Crippen molar-refractivity contribution in [2.75, 3.05) is 12.3 Å². The van der Waals surface area contributed by atoms with Crippen LogP contribution in [0.2, 0.25) is 5.02 Å². The largest absolute Gasteiger partial charge is 0.361 e. The molecule has 1 unspecified atom stereocenters. The number of aromatic nitrogens is 1. The molecule has 1 aromatic carbocycles. The molecule has 0 radical (unpaired) electrons. The molecule has 2 heterocycles. The van der Waals surface area contributed by atoms with E-state index in [9.17, 15) is 4.79 Å². The molecule has 1 aromatic heterocycles. The highest BCUT2D eigenvalue weighted by Gasteiger charge is 2.33. The minimum absolute atomic E-state index is 0.0171. The molecule has 1 amide bonds. The van der Waals surface area contributed by atoms with Gasteiger partial charge in [0, 0.05) is 17.3 Å². The van der Waals surface area contributed by atoms with Crippen LogP contribution in [0.5, 0.6) is 0 Å². The van der Waals surface area contributed by atoms with Gasteiger partial charge in [-0.15, -0.1) is 11.8 Å². The van der Waals surface area contributed by atoms with Crippen LogP contribution in [0.15, 0.2) is 28.8 Å². The first-order chi connectivity index (χ1) is 10.1. The van der Waals surface area contributed by atoms with Gasteiger partial charge in [-0.2, -0.15) is 0 Å². The molecule has 2 aromatic rings. The van der Waals surface area contributed by atoms with Gasteiger partial charge in [0.15, 0.2) is 0 Å². The van der Waals surface area contributed by atoms with E-state index in [0.717, 1.165) is 17.9 Å². The van der Waals surface area contributed by atoms with Crippen molar-refractivity contribution in [3.8, 4) is 0 Å². The lowest BCUT2D eigenvalue weighted by Crippen LogP contribution is -2.31. The molecule has 0 bridgehead atoms. The number of carbonyl (C=O) groups excluding carboxylic acids is 1. The van der Waals surface area contributed by atoms with Crippen molar-refractivity contribution in [3.05, 3.63) is 51.9 Å². The van der Waals surface area contributed by atoms with E-state index in [0.29, 0.717) is 22.0 Å². The summed E-state index contributed by atoms with van der Waals surface area (Å²) < 4.78 is 5.11. The fourth-order valence-corrected chi connectivity index (χ4v) is 3.90. The van der Waals surface area contributed by atoms with Crippen molar-refractivity contribution in [3.63, 3.8) is 0 Å². The van der Waals surface area contributed by atoms with E-state index in [-0.39, 0.29) is 11.3 Å². The molecular formula is C15H15ClN2O2S.